The third-order valence-corrected chi connectivity index (χ3v) is 3.38. The SMILES string of the molecule is CC(=O)c1c(C)[nH]c(C(=O)OCC(=O)N2CCOC2=O)c1C. The molecule has 2 rings (SSSR count). The third kappa shape index (κ3) is 2.85. The molecule has 1 aromatic rings. The van der Waals surface area contributed by atoms with E-state index >= 15 is 0 Å². The molecule has 118 valence electrons. The Labute approximate surface area is 126 Å². The standard InChI is InChI=1S/C14H16N2O6/c1-7-11(9(3)17)8(2)15-12(7)13(19)22-6-10(18)16-4-5-21-14(16)20/h15H,4-6H2,1-3H3. The first-order chi connectivity index (χ1) is 10.3. The minimum Gasteiger partial charge on any atom is -0.451 e. The predicted molar refractivity (Wildman–Crippen MR) is 73.6 cm³/mol. The summed E-state index contributed by atoms with van der Waals surface area (Å²) in [6, 6.07) is 0. The lowest BCUT2D eigenvalue weighted by Crippen LogP contribution is -2.35. The molecule has 2 amide bonds. The Balaban J connectivity index is 2.04. The topological polar surface area (TPSA) is 106 Å². The summed E-state index contributed by atoms with van der Waals surface area (Å²) in [5.74, 6) is -1.57. The molecule has 8 heteroatoms. The number of nitrogens with zero attached hydrogens (tertiary/aromatic N) is 1. The highest BCUT2D eigenvalue weighted by Gasteiger charge is 2.29. The van der Waals surface area contributed by atoms with Crippen molar-refractivity contribution in [2.24, 2.45) is 0 Å². The maximum Gasteiger partial charge on any atom is 0.416 e. The molecule has 0 spiro atoms. The molecule has 1 N–H and O–H groups in total. The van der Waals surface area contributed by atoms with E-state index in [0.29, 0.717) is 16.8 Å². The van der Waals surface area contributed by atoms with Gasteiger partial charge in [-0.25, -0.2) is 14.5 Å². The normalized spacial score (nSPS) is 14.0. The maximum absolute atomic E-state index is 12.0. The van der Waals surface area contributed by atoms with Crippen LogP contribution < -0.4 is 0 Å². The van der Waals surface area contributed by atoms with Gasteiger partial charge in [0, 0.05) is 11.3 Å². The summed E-state index contributed by atoms with van der Waals surface area (Å²) in [4.78, 5) is 50.1. The molecule has 1 aliphatic rings. The predicted octanol–water partition coefficient (Wildman–Crippen LogP) is 0.970. The van der Waals surface area contributed by atoms with Crippen LogP contribution in [0, 0.1) is 13.8 Å². The van der Waals surface area contributed by atoms with E-state index in [2.05, 4.69) is 9.72 Å². The number of aromatic nitrogens is 1. The van der Waals surface area contributed by atoms with E-state index in [9.17, 15) is 19.2 Å². The summed E-state index contributed by atoms with van der Waals surface area (Å²) in [5.41, 5.74) is 1.59. The number of carbonyl (C=O) groups excluding carboxylic acids is 4. The van der Waals surface area contributed by atoms with Gasteiger partial charge < -0.3 is 14.5 Å². The lowest BCUT2D eigenvalue weighted by atomic mass is 10.1. The maximum atomic E-state index is 12.0. The van der Waals surface area contributed by atoms with Crippen LogP contribution in [0.25, 0.3) is 0 Å². The molecular weight excluding hydrogens is 292 g/mol. The lowest BCUT2D eigenvalue weighted by Gasteiger charge is -2.10. The number of imide groups is 1. The van der Waals surface area contributed by atoms with Crippen LogP contribution in [0.15, 0.2) is 0 Å². The Morgan fingerprint density at radius 1 is 1.32 bits per heavy atom. The van der Waals surface area contributed by atoms with Crippen molar-refractivity contribution in [2.45, 2.75) is 20.8 Å². The molecule has 1 fully saturated rings. The second-order valence-electron chi connectivity index (χ2n) is 4.92. The van der Waals surface area contributed by atoms with Gasteiger partial charge in [0.15, 0.2) is 12.4 Å². The van der Waals surface area contributed by atoms with Crippen LogP contribution in [0.2, 0.25) is 0 Å². The number of aromatic amines is 1. The van der Waals surface area contributed by atoms with E-state index in [4.69, 9.17) is 4.74 Å². The summed E-state index contributed by atoms with van der Waals surface area (Å²) in [6.07, 6.45) is -0.744. The number of Topliss-reactive ketones (excluding diaryl/α,β-unsaturated/α-hetero) is 1. The Morgan fingerprint density at radius 3 is 2.50 bits per heavy atom. The number of H-pyrrole nitrogens is 1. The molecule has 0 unspecified atom stereocenters. The van der Waals surface area contributed by atoms with Crippen molar-refractivity contribution in [3.8, 4) is 0 Å². The van der Waals surface area contributed by atoms with Crippen molar-refractivity contribution >= 4 is 23.8 Å². The first-order valence-corrected chi connectivity index (χ1v) is 6.67. The minimum atomic E-state index is -0.756. The summed E-state index contributed by atoms with van der Waals surface area (Å²) in [6.45, 7) is 4.41. The van der Waals surface area contributed by atoms with Gasteiger partial charge in [0.2, 0.25) is 0 Å². The molecule has 8 nitrogen and oxygen atoms in total. The van der Waals surface area contributed by atoms with Crippen LogP contribution in [0.3, 0.4) is 0 Å². The van der Waals surface area contributed by atoms with Crippen molar-refractivity contribution < 1.29 is 28.7 Å². The number of ether oxygens (including phenoxy) is 2. The molecule has 22 heavy (non-hydrogen) atoms. The van der Waals surface area contributed by atoms with E-state index < -0.39 is 24.6 Å². The monoisotopic (exact) mass is 308 g/mol. The van der Waals surface area contributed by atoms with Gasteiger partial charge in [-0.05, 0) is 26.3 Å². The zero-order valence-corrected chi connectivity index (χ0v) is 12.5. The third-order valence-electron chi connectivity index (χ3n) is 3.38. The highest BCUT2D eigenvalue weighted by molar-refractivity contribution is 6.01. The number of carbonyl (C=O) groups is 4. The first-order valence-electron chi connectivity index (χ1n) is 6.67. The fourth-order valence-corrected chi connectivity index (χ4v) is 2.38. The van der Waals surface area contributed by atoms with E-state index in [1.807, 2.05) is 0 Å². The number of hydrogen-bond acceptors (Lipinski definition) is 6. The van der Waals surface area contributed by atoms with Crippen molar-refractivity contribution in [1.82, 2.24) is 9.88 Å². The van der Waals surface area contributed by atoms with Crippen LogP contribution in [0.4, 0.5) is 4.79 Å². The molecule has 0 radical (unpaired) electrons. The summed E-state index contributed by atoms with van der Waals surface area (Å²) < 4.78 is 9.52. The molecule has 0 aliphatic carbocycles. The van der Waals surface area contributed by atoms with Gasteiger partial charge in [-0.2, -0.15) is 0 Å². The summed E-state index contributed by atoms with van der Waals surface area (Å²) in [5, 5.41) is 0. The van der Waals surface area contributed by atoms with E-state index in [1.54, 1.807) is 13.8 Å². The van der Waals surface area contributed by atoms with Gasteiger partial charge in [0.1, 0.15) is 12.3 Å². The van der Waals surface area contributed by atoms with Gasteiger partial charge in [0.05, 0.1) is 6.54 Å². The quantitative estimate of drug-likeness (QED) is 0.656. The smallest absolute Gasteiger partial charge is 0.416 e. The van der Waals surface area contributed by atoms with Crippen molar-refractivity contribution in [1.29, 1.82) is 0 Å². The number of aryl methyl sites for hydroxylation is 1. The van der Waals surface area contributed by atoms with E-state index in [-0.39, 0.29) is 24.6 Å². The van der Waals surface area contributed by atoms with Gasteiger partial charge in [-0.15, -0.1) is 0 Å². The van der Waals surface area contributed by atoms with Gasteiger partial charge in [-0.1, -0.05) is 0 Å². The van der Waals surface area contributed by atoms with Gasteiger partial charge >= 0.3 is 12.1 Å². The highest BCUT2D eigenvalue weighted by atomic mass is 16.6. The van der Waals surface area contributed by atoms with Crippen LogP contribution in [-0.4, -0.2) is 53.4 Å². The molecule has 1 saturated heterocycles. The fraction of sp³-hybridized carbons (Fsp3) is 0.429. The van der Waals surface area contributed by atoms with Crippen molar-refractivity contribution in [3.63, 3.8) is 0 Å². The highest BCUT2D eigenvalue weighted by Crippen LogP contribution is 2.19. The number of cyclic esters (lactones) is 1. The molecule has 0 saturated carbocycles. The molecule has 1 aromatic heterocycles. The Kier molecular flexibility index (Phi) is 4.30. The zero-order chi connectivity index (χ0) is 16.4. The number of nitrogens with one attached hydrogen (secondary N) is 1. The second-order valence-corrected chi connectivity index (χ2v) is 4.92. The minimum absolute atomic E-state index is 0.125. The Bertz CT molecular complexity index is 661. The molecule has 0 atom stereocenters. The summed E-state index contributed by atoms with van der Waals surface area (Å²) in [7, 11) is 0. The average molecular weight is 308 g/mol. The Hall–Kier alpha value is -2.64. The number of ketones is 1. The Morgan fingerprint density at radius 2 is 2.00 bits per heavy atom. The zero-order valence-electron chi connectivity index (χ0n) is 12.5. The van der Waals surface area contributed by atoms with E-state index in [1.165, 1.54) is 6.92 Å². The number of rotatable bonds is 4. The molecule has 0 bridgehead atoms. The first kappa shape index (κ1) is 15.7. The number of hydrogen-bond donors (Lipinski definition) is 1. The van der Waals surface area contributed by atoms with Crippen LogP contribution in [0.5, 0.6) is 0 Å². The van der Waals surface area contributed by atoms with Crippen LogP contribution in [0.1, 0.15) is 39.0 Å². The van der Waals surface area contributed by atoms with Gasteiger partial charge in [-0.3, -0.25) is 9.59 Å². The lowest BCUT2D eigenvalue weighted by molar-refractivity contribution is -0.131. The van der Waals surface area contributed by atoms with E-state index in [0.717, 1.165) is 4.90 Å². The molecule has 0 aromatic carbocycles. The fourth-order valence-electron chi connectivity index (χ4n) is 2.38. The van der Waals surface area contributed by atoms with Crippen LogP contribution in [-0.2, 0) is 14.3 Å². The molecular formula is C14H16N2O6. The summed E-state index contributed by atoms with van der Waals surface area (Å²) >= 11 is 0. The van der Waals surface area contributed by atoms with Crippen molar-refractivity contribution in [3.05, 3.63) is 22.5 Å². The van der Waals surface area contributed by atoms with Gasteiger partial charge in [0.25, 0.3) is 5.91 Å². The van der Waals surface area contributed by atoms with Crippen molar-refractivity contribution in [2.75, 3.05) is 19.8 Å². The molecule has 2 heterocycles. The second kappa shape index (κ2) is 6.00. The number of esters is 1. The number of amides is 2. The molecule has 1 aliphatic heterocycles. The average Bonchev–Trinajstić information content (AvgIpc) is 2.99. The largest absolute Gasteiger partial charge is 0.451 e. The van der Waals surface area contributed by atoms with Crippen LogP contribution >= 0.6 is 0 Å².